The number of halogens is 1. The lowest BCUT2D eigenvalue weighted by Crippen LogP contribution is -2.18. The zero-order valence-electron chi connectivity index (χ0n) is 10.7. The lowest BCUT2D eigenvalue weighted by Gasteiger charge is -2.21. The van der Waals surface area contributed by atoms with Gasteiger partial charge in [-0.15, -0.1) is 0 Å². The molecule has 2 aromatic rings. The Morgan fingerprint density at radius 1 is 1.22 bits per heavy atom. The van der Waals surface area contributed by atoms with Crippen molar-refractivity contribution in [3.05, 3.63) is 59.4 Å². The first-order valence-corrected chi connectivity index (χ1v) is 7.09. The highest BCUT2D eigenvalue weighted by Gasteiger charge is 2.06. The molecule has 0 unspecified atom stereocenters. The third-order valence-electron chi connectivity index (χ3n) is 2.95. The second-order valence-corrected chi connectivity index (χ2v) is 4.99. The number of hydrogen-bond donors (Lipinski definition) is 0. The molecule has 1 aromatic carbocycles. The first-order chi connectivity index (χ1) is 8.70. The Morgan fingerprint density at radius 3 is 2.67 bits per heavy atom. The highest BCUT2D eigenvalue weighted by Crippen LogP contribution is 2.22. The molecule has 0 saturated carbocycles. The van der Waals surface area contributed by atoms with E-state index < -0.39 is 0 Å². The molecule has 18 heavy (non-hydrogen) atoms. The normalized spacial score (nSPS) is 10.4. The Bertz CT molecular complexity index is 511. The Balaban J connectivity index is 2.16. The van der Waals surface area contributed by atoms with Gasteiger partial charge in [-0.3, -0.25) is 4.98 Å². The monoisotopic (exact) mass is 304 g/mol. The topological polar surface area (TPSA) is 16.1 Å². The second kappa shape index (κ2) is 6.01. The van der Waals surface area contributed by atoms with Crippen molar-refractivity contribution in [1.29, 1.82) is 0 Å². The molecule has 0 amide bonds. The van der Waals surface area contributed by atoms with Gasteiger partial charge in [-0.1, -0.05) is 34.1 Å². The summed E-state index contributed by atoms with van der Waals surface area (Å²) >= 11 is 3.48. The zero-order valence-corrected chi connectivity index (χ0v) is 12.3. The van der Waals surface area contributed by atoms with Crippen LogP contribution in [0.25, 0.3) is 0 Å². The Hall–Kier alpha value is -1.35. The van der Waals surface area contributed by atoms with Crippen LogP contribution in [0.3, 0.4) is 0 Å². The van der Waals surface area contributed by atoms with E-state index in [9.17, 15) is 0 Å². The lowest BCUT2D eigenvalue weighted by atomic mass is 10.1. The number of aromatic nitrogens is 1. The smallest absolute Gasteiger partial charge is 0.0598 e. The largest absolute Gasteiger partial charge is 0.368 e. The van der Waals surface area contributed by atoms with E-state index in [4.69, 9.17) is 0 Å². The Kier molecular flexibility index (Phi) is 4.37. The van der Waals surface area contributed by atoms with Gasteiger partial charge in [-0.05, 0) is 36.2 Å². The predicted octanol–water partition coefficient (Wildman–Crippen LogP) is 3.92. The van der Waals surface area contributed by atoms with Crippen molar-refractivity contribution in [2.24, 2.45) is 0 Å². The van der Waals surface area contributed by atoms with Crippen molar-refractivity contribution in [3.8, 4) is 0 Å². The molecule has 1 aromatic heterocycles. The molecule has 0 radical (unpaired) electrons. The number of aryl methyl sites for hydroxylation is 1. The van der Waals surface area contributed by atoms with Crippen LogP contribution in [0.4, 0.5) is 5.69 Å². The van der Waals surface area contributed by atoms with Gasteiger partial charge in [-0.25, -0.2) is 0 Å². The van der Waals surface area contributed by atoms with Gasteiger partial charge < -0.3 is 4.90 Å². The van der Waals surface area contributed by atoms with E-state index in [2.05, 4.69) is 64.1 Å². The summed E-state index contributed by atoms with van der Waals surface area (Å²) < 4.78 is 0. The zero-order chi connectivity index (χ0) is 13.0. The van der Waals surface area contributed by atoms with Crippen LogP contribution < -0.4 is 4.90 Å². The van der Waals surface area contributed by atoms with E-state index in [0.29, 0.717) is 0 Å². The molecular formula is C15H17BrN2. The molecule has 0 N–H and O–H groups in total. The summed E-state index contributed by atoms with van der Waals surface area (Å²) in [5, 5.41) is 0.901. The number of hydrogen-bond acceptors (Lipinski definition) is 2. The summed E-state index contributed by atoms with van der Waals surface area (Å²) in [7, 11) is 2.10. The lowest BCUT2D eigenvalue weighted by molar-refractivity contribution is 0.880. The first kappa shape index (κ1) is 13.1. The number of benzene rings is 1. The maximum absolute atomic E-state index is 4.36. The summed E-state index contributed by atoms with van der Waals surface area (Å²) in [5.41, 5.74) is 4.95. The van der Waals surface area contributed by atoms with Crippen LogP contribution in [0.15, 0.2) is 42.6 Å². The molecule has 0 fully saturated rings. The third-order valence-corrected chi connectivity index (χ3v) is 3.60. The summed E-state index contributed by atoms with van der Waals surface area (Å²) in [6.07, 6.45) is 1.84. The van der Waals surface area contributed by atoms with Gasteiger partial charge >= 0.3 is 0 Å². The van der Waals surface area contributed by atoms with Crippen molar-refractivity contribution in [2.45, 2.75) is 18.8 Å². The van der Waals surface area contributed by atoms with Crippen LogP contribution in [0, 0.1) is 6.92 Å². The van der Waals surface area contributed by atoms with Crippen LogP contribution in [0.1, 0.15) is 16.8 Å². The van der Waals surface area contributed by atoms with Gasteiger partial charge in [0.25, 0.3) is 0 Å². The fourth-order valence-electron chi connectivity index (χ4n) is 2.05. The van der Waals surface area contributed by atoms with Crippen LogP contribution >= 0.6 is 15.9 Å². The average Bonchev–Trinajstić information content (AvgIpc) is 2.39. The number of alkyl halides is 1. The highest BCUT2D eigenvalue weighted by atomic mass is 79.9. The Labute approximate surface area is 117 Å². The SMILES string of the molecule is Cc1cc(CBr)ccc1N(C)Cc1ccccn1. The summed E-state index contributed by atoms with van der Waals surface area (Å²) in [6.45, 7) is 2.98. The number of pyridine rings is 1. The molecular weight excluding hydrogens is 288 g/mol. The van der Waals surface area contributed by atoms with Gasteiger partial charge in [0.05, 0.1) is 12.2 Å². The quantitative estimate of drug-likeness (QED) is 0.796. The van der Waals surface area contributed by atoms with E-state index in [1.54, 1.807) is 0 Å². The number of anilines is 1. The standard InChI is InChI=1S/C15H17BrN2/c1-12-9-13(10-16)6-7-15(12)18(2)11-14-5-3-4-8-17-14/h3-9H,10-11H2,1-2H3. The third kappa shape index (κ3) is 3.10. The maximum atomic E-state index is 4.36. The minimum atomic E-state index is 0.829. The number of rotatable bonds is 4. The van der Waals surface area contributed by atoms with Crippen molar-refractivity contribution in [3.63, 3.8) is 0 Å². The van der Waals surface area contributed by atoms with Gasteiger partial charge in [-0.2, -0.15) is 0 Å². The summed E-state index contributed by atoms with van der Waals surface area (Å²) in [5.74, 6) is 0. The van der Waals surface area contributed by atoms with Crippen molar-refractivity contribution in [1.82, 2.24) is 4.98 Å². The molecule has 0 aliphatic heterocycles. The van der Waals surface area contributed by atoms with E-state index in [1.165, 1.54) is 16.8 Å². The van der Waals surface area contributed by atoms with Gasteiger partial charge in [0.1, 0.15) is 0 Å². The molecule has 0 bridgehead atoms. The molecule has 0 saturated heterocycles. The molecule has 0 aliphatic carbocycles. The maximum Gasteiger partial charge on any atom is 0.0598 e. The van der Waals surface area contributed by atoms with Crippen LogP contribution in [0.2, 0.25) is 0 Å². The molecule has 3 heteroatoms. The molecule has 94 valence electrons. The summed E-state index contributed by atoms with van der Waals surface area (Å²) in [6, 6.07) is 12.6. The van der Waals surface area contributed by atoms with Gasteiger partial charge in [0, 0.05) is 24.3 Å². The van der Waals surface area contributed by atoms with Gasteiger partial charge in [0.2, 0.25) is 0 Å². The Morgan fingerprint density at radius 2 is 2.06 bits per heavy atom. The first-order valence-electron chi connectivity index (χ1n) is 5.97. The minimum absolute atomic E-state index is 0.829. The van der Waals surface area contributed by atoms with E-state index in [-0.39, 0.29) is 0 Å². The van der Waals surface area contributed by atoms with Gasteiger partial charge in [0.15, 0.2) is 0 Å². The fraction of sp³-hybridized carbons (Fsp3) is 0.267. The summed E-state index contributed by atoms with van der Waals surface area (Å²) in [4.78, 5) is 6.59. The predicted molar refractivity (Wildman–Crippen MR) is 80.2 cm³/mol. The number of nitrogens with zero attached hydrogens (tertiary/aromatic N) is 2. The average molecular weight is 305 g/mol. The van der Waals surface area contributed by atoms with Crippen molar-refractivity contribution in [2.75, 3.05) is 11.9 Å². The van der Waals surface area contributed by atoms with E-state index in [1.807, 2.05) is 18.3 Å². The fourth-order valence-corrected chi connectivity index (χ4v) is 2.40. The second-order valence-electron chi connectivity index (χ2n) is 4.43. The van der Waals surface area contributed by atoms with Crippen molar-refractivity contribution >= 4 is 21.6 Å². The van der Waals surface area contributed by atoms with Crippen LogP contribution in [-0.2, 0) is 11.9 Å². The van der Waals surface area contributed by atoms with Crippen LogP contribution in [-0.4, -0.2) is 12.0 Å². The molecule has 1 heterocycles. The molecule has 0 spiro atoms. The molecule has 2 rings (SSSR count). The molecule has 2 nitrogen and oxygen atoms in total. The van der Waals surface area contributed by atoms with Crippen LogP contribution in [0.5, 0.6) is 0 Å². The van der Waals surface area contributed by atoms with Crippen molar-refractivity contribution < 1.29 is 0 Å². The molecule has 0 atom stereocenters. The van der Waals surface area contributed by atoms with E-state index >= 15 is 0 Å². The van der Waals surface area contributed by atoms with E-state index in [0.717, 1.165) is 17.6 Å². The highest BCUT2D eigenvalue weighted by molar-refractivity contribution is 9.08. The molecule has 0 aliphatic rings. The minimum Gasteiger partial charge on any atom is -0.368 e.